The van der Waals surface area contributed by atoms with Crippen LogP contribution in [0.5, 0.6) is 0 Å². The second-order valence-electron chi connectivity index (χ2n) is 2.85. The molecule has 0 atom stereocenters. The number of hydrogen-bond donors (Lipinski definition) is 2. The zero-order valence-electron chi connectivity index (χ0n) is 8.09. The number of halogens is 1. The van der Waals surface area contributed by atoms with Gasteiger partial charge in [-0.2, -0.15) is 0 Å². The predicted molar refractivity (Wildman–Crippen MR) is 60.4 cm³/mol. The lowest BCUT2D eigenvalue weighted by Gasteiger charge is -2.12. The highest BCUT2D eigenvalue weighted by Gasteiger charge is 2.05. The number of benzene rings is 1. The zero-order chi connectivity index (χ0) is 10.4. The Morgan fingerprint density at radius 3 is 2.93 bits per heavy atom. The van der Waals surface area contributed by atoms with E-state index >= 15 is 0 Å². The Bertz CT molecular complexity index is 291. The van der Waals surface area contributed by atoms with E-state index in [1.807, 2.05) is 18.2 Å². The first-order valence-corrected chi connectivity index (χ1v) is 5.20. The summed E-state index contributed by atoms with van der Waals surface area (Å²) in [7, 11) is 1.66. The van der Waals surface area contributed by atoms with Crippen molar-refractivity contribution in [3.8, 4) is 0 Å². The molecule has 1 aromatic carbocycles. The molecule has 0 amide bonds. The van der Waals surface area contributed by atoms with Crippen LogP contribution in [0, 0.1) is 0 Å². The molecule has 0 heterocycles. The summed E-state index contributed by atoms with van der Waals surface area (Å²) in [6.07, 6.45) is 0. The van der Waals surface area contributed by atoms with E-state index in [9.17, 15) is 0 Å². The minimum atomic E-state index is 0.124. The number of nitrogens with one attached hydrogen (secondary N) is 1. The molecule has 0 spiro atoms. The third-order valence-corrected chi connectivity index (χ3v) is 2.58. The number of aliphatic hydroxyl groups excluding tert-OH is 1. The zero-order valence-corrected chi connectivity index (χ0v) is 9.67. The lowest BCUT2D eigenvalue weighted by molar-refractivity contribution is 0.185. The summed E-state index contributed by atoms with van der Waals surface area (Å²) in [5, 5.41) is 11.8. The Hall–Kier alpha value is -0.580. The molecule has 1 aromatic rings. The van der Waals surface area contributed by atoms with E-state index in [4.69, 9.17) is 9.84 Å². The molecule has 78 valence electrons. The average molecular weight is 260 g/mol. The summed E-state index contributed by atoms with van der Waals surface area (Å²) in [6, 6.07) is 5.89. The fourth-order valence-electron chi connectivity index (χ4n) is 1.21. The molecule has 14 heavy (non-hydrogen) atoms. The number of hydrogen-bond acceptors (Lipinski definition) is 3. The maximum atomic E-state index is 8.71. The monoisotopic (exact) mass is 259 g/mol. The molecule has 0 aliphatic carbocycles. The van der Waals surface area contributed by atoms with Crippen molar-refractivity contribution in [1.29, 1.82) is 0 Å². The Labute approximate surface area is 92.2 Å². The summed E-state index contributed by atoms with van der Waals surface area (Å²) in [5.74, 6) is 0. The molecule has 0 unspecified atom stereocenters. The normalized spacial score (nSPS) is 10.2. The van der Waals surface area contributed by atoms with Crippen LogP contribution in [0.4, 0.5) is 5.69 Å². The standard InChI is InChI=1S/C10H14BrNO2/c1-14-7-8-9(11)3-2-4-10(8)12-5-6-13/h2-4,12-13H,5-7H2,1H3. The van der Waals surface area contributed by atoms with Crippen LogP contribution in [-0.4, -0.2) is 25.4 Å². The van der Waals surface area contributed by atoms with E-state index in [0.29, 0.717) is 13.2 Å². The highest BCUT2D eigenvalue weighted by Crippen LogP contribution is 2.25. The molecule has 0 saturated heterocycles. The molecule has 3 nitrogen and oxygen atoms in total. The average Bonchev–Trinajstić information content (AvgIpc) is 2.19. The molecule has 0 saturated carbocycles. The summed E-state index contributed by atoms with van der Waals surface area (Å²) in [5.41, 5.74) is 2.07. The largest absolute Gasteiger partial charge is 0.395 e. The lowest BCUT2D eigenvalue weighted by Crippen LogP contribution is -2.08. The summed E-state index contributed by atoms with van der Waals surface area (Å²) < 4.78 is 6.11. The van der Waals surface area contributed by atoms with Gasteiger partial charge in [-0.25, -0.2) is 0 Å². The summed E-state index contributed by atoms with van der Waals surface area (Å²) >= 11 is 3.46. The second kappa shape index (κ2) is 6.01. The van der Waals surface area contributed by atoms with Gasteiger partial charge in [0.05, 0.1) is 13.2 Å². The molecule has 0 aliphatic rings. The van der Waals surface area contributed by atoms with Crippen LogP contribution in [0.15, 0.2) is 22.7 Å². The van der Waals surface area contributed by atoms with Gasteiger partial charge >= 0.3 is 0 Å². The van der Waals surface area contributed by atoms with E-state index in [1.54, 1.807) is 7.11 Å². The van der Waals surface area contributed by atoms with Gasteiger partial charge in [-0.05, 0) is 12.1 Å². The van der Waals surface area contributed by atoms with Crippen molar-refractivity contribution in [3.63, 3.8) is 0 Å². The van der Waals surface area contributed by atoms with Crippen LogP contribution >= 0.6 is 15.9 Å². The van der Waals surface area contributed by atoms with Crippen LogP contribution in [-0.2, 0) is 11.3 Å². The van der Waals surface area contributed by atoms with E-state index in [1.165, 1.54) is 0 Å². The molecule has 1 rings (SSSR count). The van der Waals surface area contributed by atoms with Crippen LogP contribution in [0.3, 0.4) is 0 Å². The van der Waals surface area contributed by atoms with Crippen molar-refractivity contribution in [1.82, 2.24) is 0 Å². The SMILES string of the molecule is COCc1c(Br)cccc1NCCO. The van der Waals surface area contributed by atoms with E-state index in [-0.39, 0.29) is 6.61 Å². The fourth-order valence-corrected chi connectivity index (χ4v) is 1.69. The molecular weight excluding hydrogens is 246 g/mol. The third kappa shape index (κ3) is 2.97. The molecule has 4 heteroatoms. The molecule has 2 N–H and O–H groups in total. The Balaban J connectivity index is 2.83. The topological polar surface area (TPSA) is 41.5 Å². The van der Waals surface area contributed by atoms with Crippen molar-refractivity contribution in [2.24, 2.45) is 0 Å². The minimum Gasteiger partial charge on any atom is -0.395 e. The Kier molecular flexibility index (Phi) is 4.93. The van der Waals surface area contributed by atoms with Crippen molar-refractivity contribution in [3.05, 3.63) is 28.2 Å². The number of aliphatic hydroxyl groups is 1. The maximum absolute atomic E-state index is 8.71. The summed E-state index contributed by atoms with van der Waals surface area (Å²) in [6.45, 7) is 1.22. The molecule has 0 aliphatic heterocycles. The third-order valence-electron chi connectivity index (χ3n) is 1.83. The minimum absolute atomic E-state index is 0.124. The van der Waals surface area contributed by atoms with Crippen LogP contribution in [0.25, 0.3) is 0 Å². The first-order valence-electron chi connectivity index (χ1n) is 4.40. The molecule has 0 radical (unpaired) electrons. The number of anilines is 1. The Morgan fingerprint density at radius 1 is 1.50 bits per heavy atom. The summed E-state index contributed by atoms with van der Waals surface area (Å²) in [4.78, 5) is 0. The predicted octanol–water partition coefficient (Wildman–Crippen LogP) is 2.00. The number of ether oxygens (including phenoxy) is 1. The quantitative estimate of drug-likeness (QED) is 0.850. The van der Waals surface area contributed by atoms with Gasteiger partial charge in [0.1, 0.15) is 0 Å². The van der Waals surface area contributed by atoms with Crippen molar-refractivity contribution < 1.29 is 9.84 Å². The van der Waals surface area contributed by atoms with Gasteiger partial charge < -0.3 is 15.2 Å². The van der Waals surface area contributed by atoms with Crippen LogP contribution in [0.2, 0.25) is 0 Å². The number of rotatable bonds is 5. The van der Waals surface area contributed by atoms with Gasteiger partial charge in [-0.1, -0.05) is 22.0 Å². The van der Waals surface area contributed by atoms with Gasteiger partial charge in [0, 0.05) is 29.4 Å². The number of methoxy groups -OCH3 is 1. The van der Waals surface area contributed by atoms with E-state index in [0.717, 1.165) is 15.7 Å². The highest BCUT2D eigenvalue weighted by atomic mass is 79.9. The Morgan fingerprint density at radius 2 is 2.29 bits per heavy atom. The van der Waals surface area contributed by atoms with Gasteiger partial charge in [0.2, 0.25) is 0 Å². The maximum Gasteiger partial charge on any atom is 0.0744 e. The highest BCUT2D eigenvalue weighted by molar-refractivity contribution is 9.10. The molecule has 0 aromatic heterocycles. The van der Waals surface area contributed by atoms with Crippen molar-refractivity contribution in [2.45, 2.75) is 6.61 Å². The smallest absolute Gasteiger partial charge is 0.0744 e. The van der Waals surface area contributed by atoms with Crippen LogP contribution in [0.1, 0.15) is 5.56 Å². The van der Waals surface area contributed by atoms with Gasteiger partial charge in [0.25, 0.3) is 0 Å². The van der Waals surface area contributed by atoms with Gasteiger partial charge in [-0.15, -0.1) is 0 Å². The van der Waals surface area contributed by atoms with Crippen molar-refractivity contribution in [2.75, 3.05) is 25.6 Å². The molecule has 0 bridgehead atoms. The lowest BCUT2D eigenvalue weighted by atomic mass is 10.2. The molecule has 0 fully saturated rings. The molecular formula is C10H14BrNO2. The van der Waals surface area contributed by atoms with Crippen molar-refractivity contribution >= 4 is 21.6 Å². The van der Waals surface area contributed by atoms with E-state index in [2.05, 4.69) is 21.2 Å². The first-order chi connectivity index (χ1) is 6.79. The second-order valence-corrected chi connectivity index (χ2v) is 3.70. The fraction of sp³-hybridized carbons (Fsp3) is 0.400. The van der Waals surface area contributed by atoms with Crippen LogP contribution < -0.4 is 5.32 Å². The van der Waals surface area contributed by atoms with Gasteiger partial charge in [-0.3, -0.25) is 0 Å². The van der Waals surface area contributed by atoms with Gasteiger partial charge in [0.15, 0.2) is 0 Å². The van der Waals surface area contributed by atoms with E-state index < -0.39 is 0 Å². The first kappa shape index (κ1) is 11.5.